The summed E-state index contributed by atoms with van der Waals surface area (Å²) in [6, 6.07) is 4.87. The van der Waals surface area contributed by atoms with Crippen LogP contribution < -0.4 is 0 Å². The van der Waals surface area contributed by atoms with E-state index in [2.05, 4.69) is 0 Å². The highest BCUT2D eigenvalue weighted by molar-refractivity contribution is 7.89. The molecule has 0 unspecified atom stereocenters. The highest BCUT2D eigenvalue weighted by atomic mass is 32.2. The van der Waals surface area contributed by atoms with E-state index in [1.165, 1.54) is 35.7 Å². The van der Waals surface area contributed by atoms with Crippen LogP contribution in [0.2, 0.25) is 0 Å². The average Bonchev–Trinajstić information content (AvgIpc) is 3.05. The number of nitrogens with zero attached hydrogens (tertiary/aromatic N) is 2. The molecule has 1 aromatic carbocycles. The third-order valence-corrected chi connectivity index (χ3v) is 6.55. The van der Waals surface area contributed by atoms with E-state index >= 15 is 0 Å². The van der Waals surface area contributed by atoms with Gasteiger partial charge in [0.05, 0.1) is 22.8 Å². The summed E-state index contributed by atoms with van der Waals surface area (Å²) in [7, 11) is -2.38. The summed E-state index contributed by atoms with van der Waals surface area (Å²) in [6.07, 6.45) is 1.87. The maximum absolute atomic E-state index is 12.8. The molecule has 0 fully saturated rings. The van der Waals surface area contributed by atoms with Gasteiger partial charge >= 0.3 is 5.97 Å². The zero-order valence-corrected chi connectivity index (χ0v) is 14.5. The quantitative estimate of drug-likeness (QED) is 0.348. The summed E-state index contributed by atoms with van der Waals surface area (Å²) in [4.78, 5) is 21.9. The van der Waals surface area contributed by atoms with Gasteiger partial charge in [0.1, 0.15) is 0 Å². The lowest BCUT2D eigenvalue weighted by atomic mass is 9.85. The molecule has 1 aromatic rings. The van der Waals surface area contributed by atoms with Gasteiger partial charge in [0, 0.05) is 25.2 Å². The normalized spacial score (nSPS) is 21.1. The fraction of sp³-hybridized carbons (Fsp3) is 0.438. The molecular weight excluding hydrogens is 348 g/mol. The molecule has 3 rings (SSSR count). The Kier molecular flexibility index (Phi) is 4.61. The number of methoxy groups -OCH3 is 1. The summed E-state index contributed by atoms with van der Waals surface area (Å²) in [5, 5.41) is 10.7. The molecule has 0 saturated heterocycles. The molecule has 0 spiro atoms. The van der Waals surface area contributed by atoms with Gasteiger partial charge in [-0.3, -0.25) is 14.9 Å². The first-order chi connectivity index (χ1) is 11.8. The molecule has 0 saturated carbocycles. The fourth-order valence-corrected chi connectivity index (χ4v) is 4.77. The Bertz CT molecular complexity index is 844. The summed E-state index contributed by atoms with van der Waals surface area (Å²) >= 11 is 0. The van der Waals surface area contributed by atoms with E-state index in [0.717, 1.165) is 11.1 Å². The van der Waals surface area contributed by atoms with Crippen LogP contribution in [0.5, 0.6) is 0 Å². The van der Waals surface area contributed by atoms with E-state index in [1.54, 1.807) is 0 Å². The van der Waals surface area contributed by atoms with E-state index < -0.39 is 14.9 Å². The SMILES string of the molecule is COC(=O)[C@@H]1CCC2=C(C1)CN(S(=O)(=O)c1ccc([N+](=O)[O-])cc1)C2. The van der Waals surface area contributed by atoms with Gasteiger partial charge in [0.25, 0.3) is 5.69 Å². The average molecular weight is 366 g/mol. The molecule has 1 atom stereocenters. The van der Waals surface area contributed by atoms with Crippen molar-refractivity contribution in [2.24, 2.45) is 5.92 Å². The van der Waals surface area contributed by atoms with Gasteiger partial charge in [-0.2, -0.15) is 4.31 Å². The second-order valence-electron chi connectivity index (χ2n) is 6.19. The topological polar surface area (TPSA) is 107 Å². The second kappa shape index (κ2) is 6.57. The number of esters is 1. The van der Waals surface area contributed by atoms with Crippen molar-refractivity contribution in [2.45, 2.75) is 24.2 Å². The lowest BCUT2D eigenvalue weighted by Crippen LogP contribution is -2.29. The van der Waals surface area contributed by atoms with E-state index in [4.69, 9.17) is 4.74 Å². The molecule has 9 heteroatoms. The number of carbonyl (C=O) groups excluding carboxylic acids is 1. The molecule has 1 aliphatic carbocycles. The predicted octanol–water partition coefficient (Wildman–Crippen LogP) is 1.87. The Morgan fingerprint density at radius 1 is 1.24 bits per heavy atom. The van der Waals surface area contributed by atoms with Gasteiger partial charge < -0.3 is 4.74 Å². The Labute approximate surface area is 145 Å². The lowest BCUT2D eigenvalue weighted by Gasteiger charge is -2.20. The van der Waals surface area contributed by atoms with Crippen molar-refractivity contribution in [3.63, 3.8) is 0 Å². The monoisotopic (exact) mass is 366 g/mol. The summed E-state index contributed by atoms with van der Waals surface area (Å²) < 4.78 is 31.7. The minimum absolute atomic E-state index is 0.0301. The van der Waals surface area contributed by atoms with Crippen molar-refractivity contribution in [1.82, 2.24) is 4.31 Å². The van der Waals surface area contributed by atoms with Crippen LogP contribution in [0.3, 0.4) is 0 Å². The van der Waals surface area contributed by atoms with Crippen molar-refractivity contribution < 1.29 is 22.9 Å². The van der Waals surface area contributed by atoms with Gasteiger partial charge in [-0.05, 0) is 31.4 Å². The van der Waals surface area contributed by atoms with Crippen LogP contribution in [-0.4, -0.2) is 43.8 Å². The molecule has 0 radical (unpaired) electrons. The first-order valence-electron chi connectivity index (χ1n) is 7.85. The zero-order chi connectivity index (χ0) is 18.2. The smallest absolute Gasteiger partial charge is 0.308 e. The Morgan fingerprint density at radius 2 is 1.88 bits per heavy atom. The van der Waals surface area contributed by atoms with Crippen molar-refractivity contribution in [3.05, 3.63) is 45.5 Å². The predicted molar refractivity (Wildman–Crippen MR) is 88.2 cm³/mol. The first-order valence-corrected chi connectivity index (χ1v) is 9.29. The number of nitro benzene ring substituents is 1. The molecule has 0 amide bonds. The molecule has 2 aliphatic rings. The highest BCUT2D eigenvalue weighted by Gasteiger charge is 2.36. The third-order valence-electron chi connectivity index (χ3n) is 4.74. The number of nitro groups is 1. The second-order valence-corrected chi connectivity index (χ2v) is 8.13. The number of sulfonamides is 1. The van der Waals surface area contributed by atoms with Crippen LogP contribution in [0, 0.1) is 16.0 Å². The lowest BCUT2D eigenvalue weighted by molar-refractivity contribution is -0.384. The van der Waals surface area contributed by atoms with Crippen LogP contribution in [0.25, 0.3) is 0 Å². The zero-order valence-electron chi connectivity index (χ0n) is 13.7. The fourth-order valence-electron chi connectivity index (χ4n) is 3.34. The summed E-state index contributed by atoms with van der Waals surface area (Å²) in [5.74, 6) is -0.478. The molecule has 1 aliphatic heterocycles. The van der Waals surface area contributed by atoms with E-state index in [9.17, 15) is 23.3 Å². The van der Waals surface area contributed by atoms with Gasteiger partial charge in [0.15, 0.2) is 0 Å². The molecule has 1 heterocycles. The van der Waals surface area contributed by atoms with Gasteiger partial charge in [-0.15, -0.1) is 0 Å². The molecule has 8 nitrogen and oxygen atoms in total. The van der Waals surface area contributed by atoms with Crippen LogP contribution in [0.4, 0.5) is 5.69 Å². The van der Waals surface area contributed by atoms with Gasteiger partial charge in [-0.25, -0.2) is 8.42 Å². The summed E-state index contributed by atoms with van der Waals surface area (Å²) in [5.41, 5.74) is 1.89. The molecular formula is C16H18N2O6S. The summed E-state index contributed by atoms with van der Waals surface area (Å²) in [6.45, 7) is 0.560. The van der Waals surface area contributed by atoms with E-state index in [0.29, 0.717) is 25.8 Å². The van der Waals surface area contributed by atoms with Crippen molar-refractivity contribution in [1.29, 1.82) is 0 Å². The van der Waals surface area contributed by atoms with Gasteiger partial charge in [-0.1, -0.05) is 11.1 Å². The number of hydrogen-bond donors (Lipinski definition) is 0. The van der Waals surface area contributed by atoms with Crippen LogP contribution in [0.1, 0.15) is 19.3 Å². The van der Waals surface area contributed by atoms with Crippen molar-refractivity contribution in [2.75, 3.05) is 20.2 Å². The largest absolute Gasteiger partial charge is 0.469 e. The molecule has 134 valence electrons. The number of rotatable bonds is 4. The van der Waals surface area contributed by atoms with Crippen molar-refractivity contribution >= 4 is 21.7 Å². The Morgan fingerprint density at radius 3 is 2.48 bits per heavy atom. The first kappa shape index (κ1) is 17.6. The maximum Gasteiger partial charge on any atom is 0.308 e. The van der Waals surface area contributed by atoms with Crippen LogP contribution in [0.15, 0.2) is 40.3 Å². The van der Waals surface area contributed by atoms with Gasteiger partial charge in [0.2, 0.25) is 10.0 Å². The Hall–Kier alpha value is -2.26. The number of ether oxygens (including phenoxy) is 1. The third kappa shape index (κ3) is 3.29. The van der Waals surface area contributed by atoms with E-state index in [-0.39, 0.29) is 29.0 Å². The maximum atomic E-state index is 12.8. The van der Waals surface area contributed by atoms with Crippen LogP contribution in [-0.2, 0) is 19.6 Å². The Balaban J connectivity index is 1.76. The minimum Gasteiger partial charge on any atom is -0.469 e. The number of carbonyl (C=O) groups is 1. The molecule has 0 bridgehead atoms. The van der Waals surface area contributed by atoms with Crippen LogP contribution >= 0.6 is 0 Å². The number of hydrogen-bond acceptors (Lipinski definition) is 6. The van der Waals surface area contributed by atoms with Crippen molar-refractivity contribution in [3.8, 4) is 0 Å². The molecule has 25 heavy (non-hydrogen) atoms. The standard InChI is InChI=1S/C16H18N2O6S/c1-24-16(19)11-2-3-12-9-17(10-13(12)8-11)25(22,23)15-6-4-14(5-7-15)18(20)21/h4-7,11H,2-3,8-10H2,1H3/t11-/m1/s1. The molecule has 0 N–H and O–H groups in total. The highest BCUT2D eigenvalue weighted by Crippen LogP contribution is 2.37. The number of non-ortho nitro benzene ring substituents is 1. The molecule has 0 aromatic heterocycles. The number of benzene rings is 1. The van der Waals surface area contributed by atoms with E-state index in [1.807, 2.05) is 0 Å². The minimum atomic E-state index is -3.73.